The highest BCUT2D eigenvalue weighted by molar-refractivity contribution is 6.02. The summed E-state index contributed by atoms with van der Waals surface area (Å²) in [5.74, 6) is 1.22. The van der Waals surface area contributed by atoms with Crippen LogP contribution in [0, 0.1) is 13.8 Å². The number of aryl methyl sites for hydroxylation is 2. The number of benzene rings is 1. The van der Waals surface area contributed by atoms with Gasteiger partial charge in [-0.1, -0.05) is 6.58 Å². The lowest BCUT2D eigenvalue weighted by Crippen LogP contribution is -2.36. The van der Waals surface area contributed by atoms with Crippen LogP contribution in [0.4, 0.5) is 23.0 Å². The van der Waals surface area contributed by atoms with E-state index in [-0.39, 0.29) is 12.0 Å². The molecule has 2 aromatic heterocycles. The van der Waals surface area contributed by atoms with E-state index in [2.05, 4.69) is 32.0 Å². The maximum absolute atomic E-state index is 12.3. The van der Waals surface area contributed by atoms with Gasteiger partial charge in [0.05, 0.1) is 55.3 Å². The molecule has 0 bridgehead atoms. The van der Waals surface area contributed by atoms with Crippen LogP contribution in [0.5, 0.6) is 5.75 Å². The molecule has 0 radical (unpaired) electrons. The number of aliphatic hydroxyl groups excluding tert-OH is 1. The molecule has 1 aromatic carbocycles. The Bertz CT molecular complexity index is 1440. The minimum atomic E-state index is -0.506. The Balaban J connectivity index is 1.42. The minimum Gasteiger partial charge on any atom is -0.494 e. The number of nitrogens with one attached hydrogen (secondary N) is 2. The largest absolute Gasteiger partial charge is 0.494 e. The molecule has 2 saturated heterocycles. The normalized spacial score (nSPS) is 19.1. The maximum atomic E-state index is 12.3. The third-order valence-electron chi connectivity index (χ3n) is 7.53. The number of aromatic nitrogens is 4. The van der Waals surface area contributed by atoms with Crippen LogP contribution in [0.3, 0.4) is 0 Å². The van der Waals surface area contributed by atoms with Crippen molar-refractivity contribution in [3.8, 4) is 11.6 Å². The van der Waals surface area contributed by atoms with Gasteiger partial charge in [-0.05, 0) is 26.0 Å². The van der Waals surface area contributed by atoms with E-state index in [0.717, 1.165) is 22.5 Å². The summed E-state index contributed by atoms with van der Waals surface area (Å²) in [4.78, 5) is 25.9. The van der Waals surface area contributed by atoms with Crippen LogP contribution >= 0.6 is 0 Å². The van der Waals surface area contributed by atoms with Gasteiger partial charge in [0.15, 0.2) is 5.82 Å². The van der Waals surface area contributed by atoms with Gasteiger partial charge in [-0.2, -0.15) is 10.1 Å². The highest BCUT2D eigenvalue weighted by Crippen LogP contribution is 2.38. The van der Waals surface area contributed by atoms with Gasteiger partial charge in [0.2, 0.25) is 11.9 Å². The first-order chi connectivity index (χ1) is 20.3. The second kappa shape index (κ2) is 12.9. The summed E-state index contributed by atoms with van der Waals surface area (Å²) < 4.78 is 18.4. The number of hydrogen-bond donors (Lipinski definition) is 3. The van der Waals surface area contributed by atoms with Gasteiger partial charge in [0.25, 0.3) is 0 Å². The third kappa shape index (κ3) is 6.39. The van der Waals surface area contributed by atoms with Crippen LogP contribution in [0.2, 0.25) is 0 Å². The average molecular weight is 579 g/mol. The van der Waals surface area contributed by atoms with E-state index in [1.807, 2.05) is 32.2 Å². The van der Waals surface area contributed by atoms with Crippen molar-refractivity contribution in [2.24, 2.45) is 0 Å². The summed E-state index contributed by atoms with van der Waals surface area (Å²) >= 11 is 0. The van der Waals surface area contributed by atoms with Gasteiger partial charge in [-0.15, -0.1) is 0 Å². The fourth-order valence-corrected chi connectivity index (χ4v) is 5.22. The average Bonchev–Trinajstić information content (AvgIpc) is 3.55. The summed E-state index contributed by atoms with van der Waals surface area (Å²) in [5.41, 5.74) is 4.77. The van der Waals surface area contributed by atoms with E-state index in [4.69, 9.17) is 24.3 Å². The number of nitrogens with zero attached hydrogens (tertiary/aromatic N) is 6. The molecule has 2 aliphatic heterocycles. The van der Waals surface area contributed by atoms with Crippen LogP contribution in [0.1, 0.15) is 16.8 Å². The Morgan fingerprint density at radius 2 is 2.00 bits per heavy atom. The number of ether oxygens (including phenoxy) is 3. The molecule has 42 heavy (non-hydrogen) atoms. The molecular formula is C29H38N8O5. The number of rotatable bonds is 10. The Kier molecular flexibility index (Phi) is 9.02. The number of anilines is 4. The molecule has 0 spiro atoms. The van der Waals surface area contributed by atoms with E-state index in [1.165, 1.54) is 6.08 Å². The van der Waals surface area contributed by atoms with Crippen molar-refractivity contribution in [1.82, 2.24) is 24.6 Å². The van der Waals surface area contributed by atoms with Gasteiger partial charge < -0.3 is 34.9 Å². The standard InChI is InChI=1S/C29H38N8O5/c1-6-27(39)31-21-11-22(25(40-4)12-23(21)36-7-9-42-10-8-36)32-29-30-13-18(2)28(33-29)37-15-20(19(3)34-37)14-35-16-24(38)26(17-35)41-5/h6,11-13,15,24,26,38H,1,7-10,14,16-17H2,2-5H3,(H,31,39)(H,30,32,33)/t24-,26+/m0/s1. The van der Waals surface area contributed by atoms with Gasteiger partial charge in [0, 0.05) is 69.4 Å². The first-order valence-electron chi connectivity index (χ1n) is 13.9. The number of β-amino-alcohol motifs (C(OH)–C–C–N with tert-alkyl or cyclic N) is 1. The minimum absolute atomic E-state index is 0.191. The molecule has 0 saturated carbocycles. The highest BCUT2D eigenvalue weighted by Gasteiger charge is 2.31. The van der Waals surface area contributed by atoms with Crippen LogP contribution in [-0.2, 0) is 20.8 Å². The molecule has 13 heteroatoms. The van der Waals surface area contributed by atoms with Crippen LogP contribution in [-0.4, -0.2) is 101 Å². The van der Waals surface area contributed by atoms with Crippen LogP contribution in [0.25, 0.3) is 5.82 Å². The molecule has 224 valence electrons. The number of methoxy groups -OCH3 is 2. The fraction of sp³-hybridized carbons (Fsp3) is 0.448. The zero-order valence-corrected chi connectivity index (χ0v) is 24.5. The molecule has 5 rings (SSSR count). The van der Waals surface area contributed by atoms with Gasteiger partial charge in [-0.25, -0.2) is 9.67 Å². The third-order valence-corrected chi connectivity index (χ3v) is 7.53. The molecule has 2 fully saturated rings. The number of amides is 1. The predicted molar refractivity (Wildman–Crippen MR) is 159 cm³/mol. The molecule has 0 aliphatic carbocycles. The molecule has 2 atom stereocenters. The lowest BCUT2D eigenvalue weighted by Gasteiger charge is -2.31. The van der Waals surface area contributed by atoms with Crippen LogP contribution < -0.4 is 20.3 Å². The zero-order valence-electron chi connectivity index (χ0n) is 24.5. The fourth-order valence-electron chi connectivity index (χ4n) is 5.22. The quantitative estimate of drug-likeness (QED) is 0.305. The summed E-state index contributed by atoms with van der Waals surface area (Å²) in [6.07, 6.45) is 4.23. The number of likely N-dealkylation sites (tertiary alicyclic amines) is 1. The van der Waals surface area contributed by atoms with Crippen molar-refractivity contribution in [2.45, 2.75) is 32.6 Å². The molecular weight excluding hydrogens is 540 g/mol. The van der Waals surface area contributed by atoms with Gasteiger partial charge in [0.1, 0.15) is 5.75 Å². The lowest BCUT2D eigenvalue weighted by molar-refractivity contribution is -0.111. The van der Waals surface area contributed by atoms with Gasteiger partial charge >= 0.3 is 0 Å². The zero-order chi connectivity index (χ0) is 29.8. The van der Waals surface area contributed by atoms with E-state index in [9.17, 15) is 9.90 Å². The Hall–Kier alpha value is -4.04. The summed E-state index contributed by atoms with van der Waals surface area (Å²) in [5, 5.41) is 21.1. The predicted octanol–water partition coefficient (Wildman–Crippen LogP) is 2.18. The van der Waals surface area contributed by atoms with Crippen molar-refractivity contribution in [3.05, 3.63) is 54.0 Å². The Morgan fingerprint density at radius 1 is 1.21 bits per heavy atom. The summed E-state index contributed by atoms with van der Waals surface area (Å²) in [6, 6.07) is 3.69. The smallest absolute Gasteiger partial charge is 0.247 e. The van der Waals surface area contributed by atoms with E-state index in [1.54, 1.807) is 25.1 Å². The molecule has 3 aromatic rings. The SMILES string of the molecule is C=CC(=O)Nc1cc(Nc2ncc(C)c(-n3cc(CN4C[C@H](O)[C@H](OC)C4)c(C)n3)n2)c(OC)cc1N1CCOCC1. The number of carbonyl (C=O) groups excluding carboxylic acids is 1. The first-order valence-corrected chi connectivity index (χ1v) is 13.9. The number of hydrogen-bond acceptors (Lipinski definition) is 11. The van der Waals surface area contributed by atoms with E-state index in [0.29, 0.717) is 74.8 Å². The van der Waals surface area contributed by atoms with Crippen molar-refractivity contribution < 1.29 is 24.1 Å². The second-order valence-electron chi connectivity index (χ2n) is 10.4. The second-order valence-corrected chi connectivity index (χ2v) is 10.4. The number of aliphatic hydroxyl groups is 1. The monoisotopic (exact) mass is 578 g/mol. The lowest BCUT2D eigenvalue weighted by atomic mass is 10.1. The molecule has 1 amide bonds. The van der Waals surface area contributed by atoms with Crippen LogP contribution in [0.15, 0.2) is 37.2 Å². The molecule has 13 nitrogen and oxygen atoms in total. The highest BCUT2D eigenvalue weighted by atomic mass is 16.5. The van der Waals surface area contributed by atoms with Crippen molar-refractivity contribution >= 4 is 28.9 Å². The topological polar surface area (TPSA) is 139 Å². The summed E-state index contributed by atoms with van der Waals surface area (Å²) in [7, 11) is 3.21. The number of morpholine rings is 1. The molecule has 3 N–H and O–H groups in total. The van der Waals surface area contributed by atoms with Crippen molar-refractivity contribution in [3.63, 3.8) is 0 Å². The summed E-state index contributed by atoms with van der Waals surface area (Å²) in [6.45, 7) is 11.9. The van der Waals surface area contributed by atoms with E-state index >= 15 is 0 Å². The van der Waals surface area contributed by atoms with Gasteiger partial charge in [-0.3, -0.25) is 9.69 Å². The van der Waals surface area contributed by atoms with Crippen molar-refractivity contribution in [1.29, 1.82) is 0 Å². The first kappa shape index (κ1) is 29.5. The van der Waals surface area contributed by atoms with E-state index < -0.39 is 6.10 Å². The molecule has 4 heterocycles. The maximum Gasteiger partial charge on any atom is 0.247 e. The number of carbonyl (C=O) groups is 1. The molecule has 2 aliphatic rings. The molecule has 0 unspecified atom stereocenters. The van der Waals surface area contributed by atoms with Crippen molar-refractivity contribution in [2.75, 3.05) is 69.1 Å². The Morgan fingerprint density at radius 3 is 2.69 bits per heavy atom. The Labute approximate surface area is 245 Å².